The Morgan fingerprint density at radius 3 is 2.60 bits per heavy atom. The zero-order valence-corrected chi connectivity index (χ0v) is 14.5. The molecule has 1 aromatic heterocycles. The molecule has 0 aliphatic carbocycles. The maximum Gasteiger partial charge on any atom is 0.134 e. The minimum atomic E-state index is 0.340. The minimum absolute atomic E-state index is 0.340. The summed E-state index contributed by atoms with van der Waals surface area (Å²) in [5, 5.41) is 3.51. The largest absolute Gasteiger partial charge is 0.369 e. The van der Waals surface area contributed by atoms with E-state index in [0.29, 0.717) is 11.3 Å². The molecule has 4 nitrogen and oxygen atoms in total. The summed E-state index contributed by atoms with van der Waals surface area (Å²) in [6.07, 6.45) is 2.47. The van der Waals surface area contributed by atoms with Gasteiger partial charge >= 0.3 is 0 Å². The molecular weight excluding hydrogens is 316 g/mol. The van der Waals surface area contributed by atoms with Gasteiger partial charge in [-0.3, -0.25) is 0 Å². The van der Waals surface area contributed by atoms with Crippen molar-refractivity contribution < 1.29 is 0 Å². The predicted octanol–water partition coefficient (Wildman–Crippen LogP) is 3.51. The highest BCUT2D eigenvalue weighted by atomic mass is 79.9. The molecule has 112 valence electrons. The monoisotopic (exact) mass is 340 g/mol. The fourth-order valence-electron chi connectivity index (χ4n) is 2.42. The Balaban J connectivity index is 2.00. The van der Waals surface area contributed by atoms with Gasteiger partial charge in [-0.15, -0.1) is 0 Å². The van der Waals surface area contributed by atoms with E-state index in [1.807, 2.05) is 6.07 Å². The molecule has 1 aromatic rings. The summed E-state index contributed by atoms with van der Waals surface area (Å²) in [5.41, 5.74) is 0.363. The van der Waals surface area contributed by atoms with Gasteiger partial charge in [-0.2, -0.15) is 0 Å². The number of nitrogens with one attached hydrogen (secondary N) is 1. The number of anilines is 1. The molecule has 2 rings (SSSR count). The molecule has 20 heavy (non-hydrogen) atoms. The van der Waals surface area contributed by atoms with Crippen LogP contribution in [-0.4, -0.2) is 41.5 Å². The first-order valence-corrected chi connectivity index (χ1v) is 8.14. The van der Waals surface area contributed by atoms with Gasteiger partial charge in [0, 0.05) is 18.5 Å². The maximum atomic E-state index is 4.60. The van der Waals surface area contributed by atoms with Gasteiger partial charge in [-0.1, -0.05) is 20.8 Å². The number of rotatable bonds is 4. The fraction of sp³-hybridized carbons (Fsp3) is 0.733. The summed E-state index contributed by atoms with van der Waals surface area (Å²) in [6, 6.07) is 1.96. The van der Waals surface area contributed by atoms with Crippen LogP contribution in [0, 0.1) is 5.41 Å². The smallest absolute Gasteiger partial charge is 0.134 e. The Morgan fingerprint density at radius 2 is 2.00 bits per heavy atom. The van der Waals surface area contributed by atoms with E-state index < -0.39 is 0 Å². The molecule has 0 aromatic carbocycles. The molecule has 1 fully saturated rings. The summed E-state index contributed by atoms with van der Waals surface area (Å²) in [4.78, 5) is 11.4. The Morgan fingerprint density at radius 1 is 1.35 bits per heavy atom. The second-order valence-electron chi connectivity index (χ2n) is 6.56. The average Bonchev–Trinajstić information content (AvgIpc) is 2.40. The molecule has 1 aliphatic heterocycles. The SMILES string of the molecule is CC(C)c1nc(Br)cc(NCC2(C)CCN(C)CC2)n1. The van der Waals surface area contributed by atoms with E-state index >= 15 is 0 Å². The molecule has 0 unspecified atom stereocenters. The average molecular weight is 341 g/mol. The Labute approximate surface area is 130 Å². The molecule has 5 heteroatoms. The van der Waals surface area contributed by atoms with Gasteiger partial charge in [-0.05, 0) is 54.3 Å². The van der Waals surface area contributed by atoms with Crippen LogP contribution in [-0.2, 0) is 0 Å². The number of likely N-dealkylation sites (tertiary alicyclic amines) is 1. The van der Waals surface area contributed by atoms with E-state index in [1.165, 1.54) is 25.9 Å². The van der Waals surface area contributed by atoms with Crippen molar-refractivity contribution in [2.45, 2.75) is 39.5 Å². The van der Waals surface area contributed by atoms with Gasteiger partial charge in [-0.25, -0.2) is 9.97 Å². The molecule has 1 saturated heterocycles. The Hall–Kier alpha value is -0.680. The van der Waals surface area contributed by atoms with Crippen LogP contribution in [0.2, 0.25) is 0 Å². The standard InChI is InChI=1S/C15H25BrN4/c1-11(2)14-18-12(16)9-13(19-14)17-10-15(3)5-7-20(4)8-6-15/h9,11H,5-8,10H2,1-4H3,(H,17,18,19). The lowest BCUT2D eigenvalue weighted by Crippen LogP contribution is -2.40. The van der Waals surface area contributed by atoms with Crippen molar-refractivity contribution in [2.24, 2.45) is 5.41 Å². The third-order valence-corrected chi connectivity index (χ3v) is 4.53. The molecule has 0 bridgehead atoms. The van der Waals surface area contributed by atoms with Crippen LogP contribution in [0.25, 0.3) is 0 Å². The first kappa shape index (κ1) is 15.7. The quantitative estimate of drug-likeness (QED) is 0.851. The van der Waals surface area contributed by atoms with Gasteiger partial charge in [0.25, 0.3) is 0 Å². The Bertz CT molecular complexity index is 453. The summed E-state index contributed by atoms with van der Waals surface area (Å²) in [6.45, 7) is 9.94. The van der Waals surface area contributed by atoms with E-state index in [0.717, 1.165) is 22.8 Å². The zero-order valence-electron chi connectivity index (χ0n) is 12.9. The molecule has 2 heterocycles. The first-order valence-electron chi connectivity index (χ1n) is 7.35. The topological polar surface area (TPSA) is 41.1 Å². The second kappa shape index (κ2) is 6.39. The van der Waals surface area contributed by atoms with Crippen LogP contribution >= 0.6 is 15.9 Å². The molecule has 0 atom stereocenters. The van der Waals surface area contributed by atoms with E-state index in [4.69, 9.17) is 0 Å². The third-order valence-electron chi connectivity index (χ3n) is 4.12. The van der Waals surface area contributed by atoms with E-state index in [2.05, 4.69) is 63.9 Å². The van der Waals surface area contributed by atoms with Crippen molar-refractivity contribution in [2.75, 3.05) is 32.0 Å². The van der Waals surface area contributed by atoms with Crippen LogP contribution in [0.5, 0.6) is 0 Å². The predicted molar refractivity (Wildman–Crippen MR) is 87.1 cm³/mol. The lowest BCUT2D eigenvalue weighted by Gasteiger charge is -2.38. The van der Waals surface area contributed by atoms with Gasteiger partial charge in [0.15, 0.2) is 0 Å². The number of aromatic nitrogens is 2. The third kappa shape index (κ3) is 4.16. The highest BCUT2D eigenvalue weighted by Crippen LogP contribution is 2.30. The summed E-state index contributed by atoms with van der Waals surface area (Å²) >= 11 is 3.47. The normalized spacial score (nSPS) is 19.3. The molecular formula is C15H25BrN4. The number of nitrogens with zero attached hydrogens (tertiary/aromatic N) is 3. The fourth-order valence-corrected chi connectivity index (χ4v) is 2.82. The summed E-state index contributed by atoms with van der Waals surface area (Å²) in [5.74, 6) is 2.15. The highest BCUT2D eigenvalue weighted by molar-refractivity contribution is 9.10. The number of halogens is 1. The van der Waals surface area contributed by atoms with Crippen LogP contribution in [0.3, 0.4) is 0 Å². The number of hydrogen-bond donors (Lipinski definition) is 1. The van der Waals surface area contributed by atoms with Crippen molar-refractivity contribution in [1.82, 2.24) is 14.9 Å². The molecule has 0 radical (unpaired) electrons. The van der Waals surface area contributed by atoms with Crippen LogP contribution in [0.4, 0.5) is 5.82 Å². The van der Waals surface area contributed by atoms with Gasteiger partial charge < -0.3 is 10.2 Å². The second-order valence-corrected chi connectivity index (χ2v) is 7.37. The van der Waals surface area contributed by atoms with Crippen molar-refractivity contribution in [1.29, 1.82) is 0 Å². The van der Waals surface area contributed by atoms with E-state index in [1.54, 1.807) is 0 Å². The van der Waals surface area contributed by atoms with Gasteiger partial charge in [0.1, 0.15) is 16.2 Å². The van der Waals surface area contributed by atoms with Gasteiger partial charge in [0.2, 0.25) is 0 Å². The zero-order chi connectivity index (χ0) is 14.8. The summed E-state index contributed by atoms with van der Waals surface area (Å²) < 4.78 is 0.854. The summed E-state index contributed by atoms with van der Waals surface area (Å²) in [7, 11) is 2.20. The molecule has 0 saturated carbocycles. The molecule has 1 N–H and O–H groups in total. The van der Waals surface area contributed by atoms with Gasteiger partial charge in [0.05, 0.1) is 0 Å². The number of hydrogen-bond acceptors (Lipinski definition) is 4. The van der Waals surface area contributed by atoms with Crippen LogP contribution in [0.15, 0.2) is 10.7 Å². The lowest BCUT2D eigenvalue weighted by molar-refractivity contribution is 0.150. The number of piperidine rings is 1. The molecule has 1 aliphatic rings. The van der Waals surface area contributed by atoms with E-state index in [-0.39, 0.29) is 0 Å². The molecule has 0 spiro atoms. The maximum absolute atomic E-state index is 4.60. The van der Waals surface area contributed by atoms with Crippen molar-refractivity contribution in [3.05, 3.63) is 16.5 Å². The highest BCUT2D eigenvalue weighted by Gasteiger charge is 2.28. The van der Waals surface area contributed by atoms with E-state index in [9.17, 15) is 0 Å². The van der Waals surface area contributed by atoms with Crippen molar-refractivity contribution in [3.63, 3.8) is 0 Å². The van der Waals surface area contributed by atoms with Crippen LogP contribution in [0.1, 0.15) is 45.4 Å². The van der Waals surface area contributed by atoms with Crippen molar-refractivity contribution >= 4 is 21.7 Å². The van der Waals surface area contributed by atoms with Crippen LogP contribution < -0.4 is 5.32 Å². The van der Waals surface area contributed by atoms with Crippen molar-refractivity contribution in [3.8, 4) is 0 Å². The Kier molecular flexibility index (Phi) is 5.02. The first-order chi connectivity index (χ1) is 9.38. The molecule has 0 amide bonds. The lowest BCUT2D eigenvalue weighted by atomic mass is 9.80. The minimum Gasteiger partial charge on any atom is -0.369 e.